The molecule has 0 radical (unpaired) electrons. The first kappa shape index (κ1) is 12.9. The number of hydrogen-bond acceptors (Lipinski definition) is 6. The van der Waals surface area contributed by atoms with Crippen LogP contribution in [0.3, 0.4) is 0 Å². The van der Waals surface area contributed by atoms with Crippen molar-refractivity contribution in [2.24, 2.45) is 0 Å². The van der Waals surface area contributed by atoms with Crippen molar-refractivity contribution in [2.45, 2.75) is 10.1 Å². The lowest BCUT2D eigenvalue weighted by molar-refractivity contribution is 0.615. The number of nitrogens with one attached hydrogen (secondary N) is 1. The van der Waals surface area contributed by atoms with E-state index in [1.54, 1.807) is 6.26 Å². The Morgan fingerprint density at radius 2 is 2.19 bits per heavy atom. The van der Waals surface area contributed by atoms with Gasteiger partial charge >= 0.3 is 0 Å². The van der Waals surface area contributed by atoms with Gasteiger partial charge in [-0.3, -0.25) is 0 Å². The maximum absolute atomic E-state index is 5.79. The van der Waals surface area contributed by atoms with Crippen LogP contribution in [0, 0.1) is 3.57 Å². The lowest BCUT2D eigenvalue weighted by Crippen LogP contribution is -1.91. The van der Waals surface area contributed by atoms with E-state index in [0.717, 1.165) is 24.6 Å². The van der Waals surface area contributed by atoms with E-state index in [2.05, 4.69) is 48.6 Å². The highest BCUT2D eigenvalue weighted by Crippen LogP contribution is 2.34. The molecule has 0 spiro atoms. The summed E-state index contributed by atoms with van der Waals surface area (Å²) in [6.45, 7) is 0. The number of benzene rings is 1. The van der Waals surface area contributed by atoms with Gasteiger partial charge < -0.3 is 15.1 Å². The molecule has 4 aromatic rings. The fraction of sp³-hybridized carbons (Fsp3) is 0. The summed E-state index contributed by atoms with van der Waals surface area (Å²) in [7, 11) is 0. The molecular formula is C13H8IN5OS. The summed E-state index contributed by atoms with van der Waals surface area (Å²) in [6, 6.07) is 6.03. The Morgan fingerprint density at radius 3 is 3.05 bits per heavy atom. The molecule has 0 aliphatic heterocycles. The van der Waals surface area contributed by atoms with Gasteiger partial charge in [0.05, 0.1) is 6.26 Å². The number of imidazole rings is 1. The van der Waals surface area contributed by atoms with E-state index < -0.39 is 0 Å². The van der Waals surface area contributed by atoms with E-state index >= 15 is 0 Å². The molecule has 104 valence electrons. The van der Waals surface area contributed by atoms with Gasteiger partial charge in [-0.05, 0) is 40.8 Å². The lowest BCUT2D eigenvalue weighted by atomic mass is 10.3. The topological polar surface area (TPSA) is 93.6 Å². The number of hydrogen-bond donors (Lipinski definition) is 2. The SMILES string of the molecule is Nc1ncnc2[nH]c(Sc3cc4occc4cc3I)nc12. The number of fused-ring (bicyclic) bond motifs is 2. The van der Waals surface area contributed by atoms with Gasteiger partial charge in [-0.25, -0.2) is 15.0 Å². The number of H-pyrrole nitrogens is 1. The molecule has 0 saturated carbocycles. The van der Waals surface area contributed by atoms with Crippen molar-refractivity contribution in [2.75, 3.05) is 5.73 Å². The van der Waals surface area contributed by atoms with Crippen LogP contribution in [0.2, 0.25) is 0 Å². The number of rotatable bonds is 2. The summed E-state index contributed by atoms with van der Waals surface area (Å²) in [6.07, 6.45) is 3.11. The molecule has 3 N–H and O–H groups in total. The molecular weight excluding hydrogens is 401 g/mol. The summed E-state index contributed by atoms with van der Waals surface area (Å²) in [4.78, 5) is 16.7. The van der Waals surface area contributed by atoms with Crippen molar-refractivity contribution < 1.29 is 4.42 Å². The minimum Gasteiger partial charge on any atom is -0.464 e. The second kappa shape index (κ2) is 4.88. The number of nitrogens with two attached hydrogens (primary N) is 1. The van der Waals surface area contributed by atoms with Gasteiger partial charge in [0.2, 0.25) is 0 Å². The smallest absolute Gasteiger partial charge is 0.172 e. The van der Waals surface area contributed by atoms with Crippen LogP contribution in [-0.4, -0.2) is 19.9 Å². The highest BCUT2D eigenvalue weighted by molar-refractivity contribution is 14.1. The number of nitrogen functional groups attached to an aromatic ring is 1. The Labute approximate surface area is 136 Å². The van der Waals surface area contributed by atoms with Gasteiger partial charge in [0, 0.05) is 13.9 Å². The molecule has 1 aromatic carbocycles. The normalized spacial score (nSPS) is 11.5. The molecule has 0 atom stereocenters. The molecule has 0 unspecified atom stereocenters. The third kappa shape index (κ3) is 2.23. The third-order valence-electron chi connectivity index (χ3n) is 3.00. The van der Waals surface area contributed by atoms with E-state index in [9.17, 15) is 0 Å². The van der Waals surface area contributed by atoms with Crippen molar-refractivity contribution in [3.05, 3.63) is 34.4 Å². The molecule has 3 heterocycles. The van der Waals surface area contributed by atoms with Crippen LogP contribution < -0.4 is 5.73 Å². The van der Waals surface area contributed by atoms with E-state index in [4.69, 9.17) is 10.2 Å². The molecule has 6 nitrogen and oxygen atoms in total. The van der Waals surface area contributed by atoms with E-state index in [1.807, 2.05) is 12.1 Å². The average Bonchev–Trinajstić information content (AvgIpc) is 3.06. The summed E-state index contributed by atoms with van der Waals surface area (Å²) in [5.74, 6) is 0.374. The van der Waals surface area contributed by atoms with Crippen molar-refractivity contribution in [3.63, 3.8) is 0 Å². The van der Waals surface area contributed by atoms with Gasteiger partial charge in [-0.1, -0.05) is 11.8 Å². The van der Waals surface area contributed by atoms with Gasteiger partial charge in [-0.2, -0.15) is 0 Å². The van der Waals surface area contributed by atoms with Crippen LogP contribution in [0.15, 0.2) is 45.3 Å². The van der Waals surface area contributed by atoms with Crippen molar-refractivity contribution in [1.82, 2.24) is 19.9 Å². The lowest BCUT2D eigenvalue weighted by Gasteiger charge is -2.01. The molecule has 3 aromatic heterocycles. The Morgan fingerprint density at radius 1 is 1.29 bits per heavy atom. The van der Waals surface area contributed by atoms with Crippen LogP contribution in [-0.2, 0) is 0 Å². The molecule has 0 aliphatic carbocycles. The van der Waals surface area contributed by atoms with E-state index in [1.165, 1.54) is 18.1 Å². The van der Waals surface area contributed by atoms with Gasteiger partial charge in [0.15, 0.2) is 22.1 Å². The number of anilines is 1. The Balaban J connectivity index is 1.78. The van der Waals surface area contributed by atoms with E-state index in [0.29, 0.717) is 17.0 Å². The van der Waals surface area contributed by atoms with Crippen molar-refractivity contribution in [1.29, 1.82) is 0 Å². The number of halogens is 1. The van der Waals surface area contributed by atoms with Crippen LogP contribution in [0.4, 0.5) is 5.82 Å². The highest BCUT2D eigenvalue weighted by atomic mass is 127. The number of aromatic nitrogens is 4. The average molecular weight is 409 g/mol. The quantitative estimate of drug-likeness (QED) is 0.493. The zero-order chi connectivity index (χ0) is 14.4. The number of furan rings is 1. The van der Waals surface area contributed by atoms with E-state index in [-0.39, 0.29) is 0 Å². The molecule has 4 rings (SSSR count). The zero-order valence-corrected chi connectivity index (χ0v) is 13.5. The summed E-state index contributed by atoms with van der Waals surface area (Å²) in [5.41, 5.74) is 7.88. The number of aromatic amines is 1. The molecule has 0 amide bonds. The summed E-state index contributed by atoms with van der Waals surface area (Å²) < 4.78 is 6.57. The first-order valence-electron chi connectivity index (χ1n) is 6.01. The maximum atomic E-state index is 5.79. The molecule has 0 saturated heterocycles. The van der Waals surface area contributed by atoms with Gasteiger partial charge in [-0.15, -0.1) is 0 Å². The first-order valence-corrected chi connectivity index (χ1v) is 7.91. The fourth-order valence-corrected chi connectivity index (χ4v) is 3.66. The minimum atomic E-state index is 0.374. The molecule has 0 bridgehead atoms. The molecule has 8 heteroatoms. The van der Waals surface area contributed by atoms with Gasteiger partial charge in [0.25, 0.3) is 0 Å². The standard InChI is InChI=1S/C13H8IN5OS/c14-7-3-6-1-2-20-8(6)4-9(7)21-13-18-10-11(15)16-5-17-12(10)19-13/h1-5H,(H3,15,16,17,18,19). The largest absolute Gasteiger partial charge is 0.464 e. The van der Waals surface area contributed by atoms with Crippen LogP contribution in [0.1, 0.15) is 0 Å². The second-order valence-electron chi connectivity index (χ2n) is 4.34. The monoisotopic (exact) mass is 409 g/mol. The second-order valence-corrected chi connectivity index (χ2v) is 6.53. The fourth-order valence-electron chi connectivity index (χ4n) is 2.02. The Hall–Kier alpha value is -1.81. The van der Waals surface area contributed by atoms with Gasteiger partial charge in [0.1, 0.15) is 11.9 Å². The predicted octanol–water partition coefficient (Wildman–Crippen LogP) is 3.44. The summed E-state index contributed by atoms with van der Waals surface area (Å²) >= 11 is 3.81. The zero-order valence-electron chi connectivity index (χ0n) is 10.5. The van der Waals surface area contributed by atoms with Crippen molar-refractivity contribution in [3.8, 4) is 0 Å². The minimum absolute atomic E-state index is 0.374. The maximum Gasteiger partial charge on any atom is 0.172 e. The van der Waals surface area contributed by atoms with Crippen LogP contribution in [0.5, 0.6) is 0 Å². The first-order chi connectivity index (χ1) is 10.2. The molecule has 0 fully saturated rings. The predicted molar refractivity (Wildman–Crippen MR) is 89.2 cm³/mol. The molecule has 21 heavy (non-hydrogen) atoms. The number of nitrogens with zero attached hydrogens (tertiary/aromatic N) is 3. The summed E-state index contributed by atoms with van der Waals surface area (Å²) in [5, 5.41) is 1.81. The third-order valence-corrected chi connectivity index (χ3v) is 5.21. The highest BCUT2D eigenvalue weighted by Gasteiger charge is 2.12. The van der Waals surface area contributed by atoms with Crippen LogP contribution in [0.25, 0.3) is 22.1 Å². The Kier molecular flexibility index (Phi) is 3.00. The van der Waals surface area contributed by atoms with Crippen LogP contribution >= 0.6 is 34.4 Å². The van der Waals surface area contributed by atoms with Crippen molar-refractivity contribution >= 4 is 62.3 Å². The molecule has 0 aliphatic rings. The Bertz CT molecular complexity index is 964.